The van der Waals surface area contributed by atoms with Crippen LogP contribution in [0.2, 0.25) is 0 Å². The molecule has 3 heteroatoms. The molecule has 1 atom stereocenters. The summed E-state index contributed by atoms with van der Waals surface area (Å²) in [5.41, 5.74) is 5.56. The molecular formula is C15H29NO2. The summed E-state index contributed by atoms with van der Waals surface area (Å²) in [6, 6.07) is 0. The van der Waals surface area contributed by atoms with Gasteiger partial charge in [-0.2, -0.15) is 0 Å². The van der Waals surface area contributed by atoms with Crippen LogP contribution >= 0.6 is 0 Å². The Hall–Kier alpha value is -0.570. The zero-order valence-corrected chi connectivity index (χ0v) is 12.0. The van der Waals surface area contributed by atoms with E-state index in [4.69, 9.17) is 10.5 Å². The van der Waals surface area contributed by atoms with Crippen LogP contribution in [0.3, 0.4) is 0 Å². The van der Waals surface area contributed by atoms with Gasteiger partial charge in [-0.25, -0.2) is 0 Å². The molecule has 1 fully saturated rings. The second-order valence-electron chi connectivity index (χ2n) is 5.76. The standard InChI is InChI=1S/C15H29NO2/c1-3-13(10-11-16)6-9-15(17)18-14-7-4-12(2)5-8-14/h12-14H,3-11,16H2,1-2H3. The molecule has 2 N–H and O–H groups in total. The second-order valence-corrected chi connectivity index (χ2v) is 5.76. The van der Waals surface area contributed by atoms with Gasteiger partial charge in [-0.1, -0.05) is 20.3 Å². The van der Waals surface area contributed by atoms with Gasteiger partial charge in [0.2, 0.25) is 0 Å². The molecule has 0 aromatic rings. The molecule has 1 unspecified atom stereocenters. The van der Waals surface area contributed by atoms with Gasteiger partial charge in [-0.3, -0.25) is 4.79 Å². The molecule has 0 aromatic carbocycles. The van der Waals surface area contributed by atoms with Crippen LogP contribution < -0.4 is 5.73 Å². The van der Waals surface area contributed by atoms with E-state index in [0.29, 0.717) is 18.9 Å². The molecular weight excluding hydrogens is 226 g/mol. The lowest BCUT2D eigenvalue weighted by molar-refractivity contribution is -0.151. The summed E-state index contributed by atoms with van der Waals surface area (Å²) in [5, 5.41) is 0. The quantitative estimate of drug-likeness (QED) is 0.710. The summed E-state index contributed by atoms with van der Waals surface area (Å²) in [7, 11) is 0. The third-order valence-electron chi connectivity index (χ3n) is 4.17. The zero-order valence-electron chi connectivity index (χ0n) is 12.0. The minimum atomic E-state index is -0.00924. The molecule has 0 amide bonds. The fourth-order valence-electron chi connectivity index (χ4n) is 2.70. The molecule has 0 aromatic heterocycles. The van der Waals surface area contributed by atoms with E-state index in [2.05, 4.69) is 13.8 Å². The Balaban J connectivity index is 2.16. The average Bonchev–Trinajstić information content (AvgIpc) is 2.37. The van der Waals surface area contributed by atoms with Crippen molar-refractivity contribution in [1.82, 2.24) is 0 Å². The molecule has 1 aliphatic carbocycles. The summed E-state index contributed by atoms with van der Waals surface area (Å²) < 4.78 is 5.54. The van der Waals surface area contributed by atoms with Crippen LogP contribution in [-0.2, 0) is 9.53 Å². The molecule has 0 bridgehead atoms. The SMILES string of the molecule is CCC(CCN)CCC(=O)OC1CCC(C)CC1. The Labute approximate surface area is 111 Å². The third kappa shape index (κ3) is 5.85. The fourth-order valence-corrected chi connectivity index (χ4v) is 2.70. The first-order valence-electron chi connectivity index (χ1n) is 7.55. The van der Waals surface area contributed by atoms with Crippen molar-refractivity contribution in [1.29, 1.82) is 0 Å². The van der Waals surface area contributed by atoms with Crippen molar-refractivity contribution < 1.29 is 9.53 Å². The lowest BCUT2D eigenvalue weighted by atomic mass is 9.89. The molecule has 106 valence electrons. The molecule has 0 spiro atoms. The van der Waals surface area contributed by atoms with E-state index in [1.54, 1.807) is 0 Å². The summed E-state index contributed by atoms with van der Waals surface area (Å²) in [5.74, 6) is 1.37. The van der Waals surface area contributed by atoms with E-state index in [1.807, 2.05) is 0 Å². The predicted molar refractivity (Wildman–Crippen MR) is 74.2 cm³/mol. The van der Waals surface area contributed by atoms with E-state index < -0.39 is 0 Å². The van der Waals surface area contributed by atoms with Crippen LogP contribution in [0, 0.1) is 11.8 Å². The highest BCUT2D eigenvalue weighted by atomic mass is 16.5. The maximum atomic E-state index is 11.8. The van der Waals surface area contributed by atoms with Crippen molar-refractivity contribution in [3.63, 3.8) is 0 Å². The molecule has 0 radical (unpaired) electrons. The number of rotatable bonds is 7. The third-order valence-corrected chi connectivity index (χ3v) is 4.17. The zero-order chi connectivity index (χ0) is 13.4. The van der Waals surface area contributed by atoms with Crippen LogP contribution in [0.4, 0.5) is 0 Å². The smallest absolute Gasteiger partial charge is 0.306 e. The van der Waals surface area contributed by atoms with Gasteiger partial charge >= 0.3 is 5.97 Å². The second kappa shape index (κ2) is 8.52. The number of hydrogen-bond acceptors (Lipinski definition) is 3. The van der Waals surface area contributed by atoms with Gasteiger partial charge in [0.1, 0.15) is 6.10 Å². The molecule has 1 rings (SSSR count). The molecule has 3 nitrogen and oxygen atoms in total. The fraction of sp³-hybridized carbons (Fsp3) is 0.933. The molecule has 1 aliphatic rings. The van der Waals surface area contributed by atoms with Crippen molar-refractivity contribution in [2.24, 2.45) is 17.6 Å². The van der Waals surface area contributed by atoms with Gasteiger partial charge in [0, 0.05) is 6.42 Å². The van der Waals surface area contributed by atoms with Crippen molar-refractivity contribution in [2.75, 3.05) is 6.54 Å². The van der Waals surface area contributed by atoms with Gasteiger partial charge in [-0.15, -0.1) is 0 Å². The first-order chi connectivity index (χ1) is 8.65. The topological polar surface area (TPSA) is 52.3 Å². The van der Waals surface area contributed by atoms with E-state index in [-0.39, 0.29) is 12.1 Å². The lowest BCUT2D eigenvalue weighted by Gasteiger charge is -2.26. The van der Waals surface area contributed by atoms with Crippen molar-refractivity contribution in [2.45, 2.75) is 71.3 Å². The van der Waals surface area contributed by atoms with Crippen LogP contribution in [0.15, 0.2) is 0 Å². The van der Waals surface area contributed by atoms with Gasteiger partial charge in [0.05, 0.1) is 0 Å². The van der Waals surface area contributed by atoms with Crippen molar-refractivity contribution in [3.05, 3.63) is 0 Å². The predicted octanol–water partition coefficient (Wildman–Crippen LogP) is 3.26. The molecule has 0 saturated heterocycles. The van der Waals surface area contributed by atoms with Crippen molar-refractivity contribution in [3.8, 4) is 0 Å². The van der Waals surface area contributed by atoms with Crippen molar-refractivity contribution >= 4 is 5.97 Å². The molecule has 18 heavy (non-hydrogen) atoms. The van der Waals surface area contributed by atoms with Gasteiger partial charge in [0.15, 0.2) is 0 Å². The minimum Gasteiger partial charge on any atom is -0.462 e. The average molecular weight is 255 g/mol. The number of ether oxygens (including phenoxy) is 1. The van der Waals surface area contributed by atoms with Gasteiger partial charge < -0.3 is 10.5 Å². The summed E-state index contributed by atoms with van der Waals surface area (Å²) in [6.45, 7) is 5.15. The molecule has 1 saturated carbocycles. The van der Waals surface area contributed by atoms with Crippen LogP contribution in [0.1, 0.15) is 65.2 Å². The largest absolute Gasteiger partial charge is 0.462 e. The molecule has 0 aliphatic heterocycles. The monoisotopic (exact) mass is 255 g/mol. The normalized spacial score (nSPS) is 25.7. The Morgan fingerprint density at radius 2 is 1.94 bits per heavy atom. The maximum absolute atomic E-state index is 11.8. The summed E-state index contributed by atoms with van der Waals surface area (Å²) >= 11 is 0. The lowest BCUT2D eigenvalue weighted by Crippen LogP contribution is -2.24. The number of nitrogens with two attached hydrogens (primary N) is 1. The van der Waals surface area contributed by atoms with Gasteiger partial charge in [0.25, 0.3) is 0 Å². The van der Waals surface area contributed by atoms with E-state index >= 15 is 0 Å². The summed E-state index contributed by atoms with van der Waals surface area (Å²) in [4.78, 5) is 11.8. The summed E-state index contributed by atoms with van der Waals surface area (Å²) in [6.07, 6.45) is 8.28. The first-order valence-corrected chi connectivity index (χ1v) is 7.55. The number of carbonyl (C=O) groups excluding carboxylic acids is 1. The number of esters is 1. The Kier molecular flexibility index (Phi) is 7.33. The highest BCUT2D eigenvalue weighted by Crippen LogP contribution is 2.26. The van der Waals surface area contributed by atoms with Crippen LogP contribution in [-0.4, -0.2) is 18.6 Å². The number of carbonyl (C=O) groups is 1. The Morgan fingerprint density at radius 3 is 2.50 bits per heavy atom. The minimum absolute atomic E-state index is 0.00924. The van der Waals surface area contributed by atoms with E-state index in [0.717, 1.165) is 38.0 Å². The molecule has 0 heterocycles. The maximum Gasteiger partial charge on any atom is 0.306 e. The van der Waals surface area contributed by atoms with Crippen LogP contribution in [0.25, 0.3) is 0 Å². The Morgan fingerprint density at radius 1 is 1.28 bits per heavy atom. The highest BCUT2D eigenvalue weighted by Gasteiger charge is 2.21. The highest BCUT2D eigenvalue weighted by molar-refractivity contribution is 5.69. The van der Waals surface area contributed by atoms with Crippen LogP contribution in [0.5, 0.6) is 0 Å². The Bertz CT molecular complexity index is 235. The van der Waals surface area contributed by atoms with E-state index in [1.165, 1.54) is 12.8 Å². The first kappa shape index (κ1) is 15.5. The number of hydrogen-bond donors (Lipinski definition) is 1. The van der Waals surface area contributed by atoms with Gasteiger partial charge in [-0.05, 0) is 56.9 Å². The van der Waals surface area contributed by atoms with E-state index in [9.17, 15) is 4.79 Å².